The first-order valence-corrected chi connectivity index (χ1v) is 9.82. The molecule has 33 heavy (non-hydrogen) atoms. The molecule has 3 rings (SSSR count). The van der Waals surface area contributed by atoms with E-state index in [2.05, 4.69) is 0 Å². The Bertz CT molecular complexity index is 1310. The zero-order chi connectivity index (χ0) is 24.3. The summed E-state index contributed by atoms with van der Waals surface area (Å²) in [5.74, 6) is -1.90. The number of esters is 2. The fourth-order valence-electron chi connectivity index (χ4n) is 2.51. The van der Waals surface area contributed by atoms with Crippen molar-refractivity contribution in [3.63, 3.8) is 0 Å². The number of rotatable bonds is 6. The average Bonchev–Trinajstić information content (AvgIpc) is 2.75. The molecule has 3 aromatic carbocycles. The van der Waals surface area contributed by atoms with Gasteiger partial charge in [-0.05, 0) is 36.4 Å². The van der Waals surface area contributed by atoms with E-state index in [-0.39, 0.29) is 43.4 Å². The molecule has 0 fully saturated rings. The maximum atomic E-state index is 12.3. The van der Waals surface area contributed by atoms with E-state index in [1.165, 1.54) is 36.4 Å². The van der Waals surface area contributed by atoms with Gasteiger partial charge in [0, 0.05) is 18.2 Å². The summed E-state index contributed by atoms with van der Waals surface area (Å²) in [4.78, 5) is 44.9. The molecule has 0 spiro atoms. The molecule has 0 saturated carbocycles. The second kappa shape index (κ2) is 9.82. The van der Waals surface area contributed by atoms with Crippen molar-refractivity contribution in [1.29, 1.82) is 0 Å². The van der Waals surface area contributed by atoms with Crippen LogP contribution in [0.15, 0.2) is 54.6 Å². The summed E-state index contributed by atoms with van der Waals surface area (Å²) in [5, 5.41) is 21.3. The number of ether oxygens (including phenoxy) is 2. The molecule has 0 heterocycles. The average molecular weight is 512 g/mol. The largest absolute Gasteiger partial charge is 0.423 e. The van der Waals surface area contributed by atoms with Crippen molar-refractivity contribution in [2.45, 2.75) is 0 Å². The molecule has 168 valence electrons. The van der Waals surface area contributed by atoms with Crippen LogP contribution in [-0.4, -0.2) is 21.8 Å². The second-order valence-electron chi connectivity index (χ2n) is 6.22. The van der Waals surface area contributed by atoms with Crippen LogP contribution in [0.5, 0.6) is 11.5 Å². The maximum Gasteiger partial charge on any atom is 0.343 e. The van der Waals surface area contributed by atoms with Crippen LogP contribution in [0, 0.1) is 20.2 Å². The standard InChI is InChI=1S/C20H9Cl3N2O8/c21-13-4-1-11(8-17(13)25(30)31)20(27)33-18-6-3-12(9-15(18)23)32-19(26)10-2-5-16(24(28)29)14(22)7-10/h1-9H. The highest BCUT2D eigenvalue weighted by molar-refractivity contribution is 6.33. The third-order valence-corrected chi connectivity index (χ3v) is 4.99. The Labute approximate surface area is 199 Å². The molecule has 0 N–H and O–H groups in total. The molecule has 0 bridgehead atoms. The summed E-state index contributed by atoms with van der Waals surface area (Å²) < 4.78 is 10.3. The minimum absolute atomic E-state index is 0.0126. The maximum absolute atomic E-state index is 12.3. The molecule has 0 aromatic heterocycles. The SMILES string of the molecule is O=C(Oc1ccc(OC(=O)c2ccc(Cl)c([N+](=O)[O-])c2)c(Cl)c1)c1ccc([N+](=O)[O-])c(Cl)c1. The molecule has 0 amide bonds. The van der Waals surface area contributed by atoms with Crippen LogP contribution in [0.25, 0.3) is 0 Å². The number of nitro benzene ring substituents is 2. The Balaban J connectivity index is 1.74. The molecule has 0 atom stereocenters. The van der Waals surface area contributed by atoms with Gasteiger partial charge in [0.1, 0.15) is 21.5 Å². The number of hydrogen-bond donors (Lipinski definition) is 0. The van der Waals surface area contributed by atoms with Crippen LogP contribution in [0.4, 0.5) is 11.4 Å². The van der Waals surface area contributed by atoms with Crippen molar-refractivity contribution < 1.29 is 28.9 Å². The minimum Gasteiger partial charge on any atom is -0.423 e. The Morgan fingerprint density at radius 3 is 1.88 bits per heavy atom. The number of nitro groups is 2. The monoisotopic (exact) mass is 510 g/mol. The fourth-order valence-corrected chi connectivity index (χ4v) is 3.16. The second-order valence-corrected chi connectivity index (χ2v) is 7.44. The topological polar surface area (TPSA) is 139 Å². The lowest BCUT2D eigenvalue weighted by molar-refractivity contribution is -0.384. The molecule has 3 aromatic rings. The first kappa shape index (κ1) is 23.9. The number of benzene rings is 3. The smallest absolute Gasteiger partial charge is 0.343 e. The molecule has 13 heteroatoms. The molecule has 0 aliphatic heterocycles. The number of hydrogen-bond acceptors (Lipinski definition) is 8. The Morgan fingerprint density at radius 2 is 1.27 bits per heavy atom. The lowest BCUT2D eigenvalue weighted by Gasteiger charge is -2.09. The van der Waals surface area contributed by atoms with E-state index < -0.39 is 27.5 Å². The predicted octanol–water partition coefficient (Wildman–Crippen LogP) is 5.90. The van der Waals surface area contributed by atoms with E-state index >= 15 is 0 Å². The van der Waals surface area contributed by atoms with Crippen LogP contribution >= 0.6 is 34.8 Å². The third kappa shape index (κ3) is 5.55. The Morgan fingerprint density at radius 1 is 0.667 bits per heavy atom. The van der Waals surface area contributed by atoms with Gasteiger partial charge < -0.3 is 9.47 Å². The van der Waals surface area contributed by atoms with Gasteiger partial charge in [0.25, 0.3) is 11.4 Å². The highest BCUT2D eigenvalue weighted by Gasteiger charge is 2.20. The molecule has 0 saturated heterocycles. The summed E-state index contributed by atoms with van der Waals surface area (Å²) in [5.41, 5.74) is -1.01. The molecule has 0 aliphatic rings. The van der Waals surface area contributed by atoms with Crippen molar-refractivity contribution in [3.05, 3.63) is 101 Å². The van der Waals surface area contributed by atoms with Crippen LogP contribution < -0.4 is 9.47 Å². The lowest BCUT2D eigenvalue weighted by atomic mass is 10.2. The van der Waals surface area contributed by atoms with Crippen LogP contribution in [0.2, 0.25) is 15.1 Å². The van der Waals surface area contributed by atoms with Gasteiger partial charge >= 0.3 is 11.9 Å². The molecule has 10 nitrogen and oxygen atoms in total. The van der Waals surface area contributed by atoms with E-state index in [1.807, 2.05) is 0 Å². The van der Waals surface area contributed by atoms with Crippen molar-refractivity contribution in [2.75, 3.05) is 0 Å². The van der Waals surface area contributed by atoms with Crippen molar-refractivity contribution in [3.8, 4) is 11.5 Å². The first-order valence-electron chi connectivity index (χ1n) is 8.68. The van der Waals surface area contributed by atoms with Gasteiger partial charge in [-0.1, -0.05) is 34.8 Å². The van der Waals surface area contributed by atoms with Crippen LogP contribution in [-0.2, 0) is 0 Å². The lowest BCUT2D eigenvalue weighted by Crippen LogP contribution is -2.10. The zero-order valence-electron chi connectivity index (χ0n) is 16.0. The third-order valence-electron chi connectivity index (χ3n) is 4.08. The highest BCUT2D eigenvalue weighted by atomic mass is 35.5. The molecule has 0 aliphatic carbocycles. The number of carbonyl (C=O) groups excluding carboxylic acids is 2. The van der Waals surface area contributed by atoms with Gasteiger partial charge in [-0.3, -0.25) is 20.2 Å². The van der Waals surface area contributed by atoms with Gasteiger partial charge in [0.2, 0.25) is 0 Å². The van der Waals surface area contributed by atoms with E-state index in [0.29, 0.717) is 0 Å². The molecule has 0 unspecified atom stereocenters. The molecular weight excluding hydrogens is 503 g/mol. The summed E-state index contributed by atoms with van der Waals surface area (Å²) >= 11 is 17.6. The first-order chi connectivity index (χ1) is 15.6. The van der Waals surface area contributed by atoms with Gasteiger partial charge in [-0.2, -0.15) is 0 Å². The molecular formula is C20H9Cl3N2O8. The number of halogens is 3. The number of nitrogens with zero attached hydrogens (tertiary/aromatic N) is 2. The Kier molecular flexibility index (Phi) is 7.12. The van der Waals surface area contributed by atoms with Crippen molar-refractivity contribution in [1.82, 2.24) is 0 Å². The number of carbonyl (C=O) groups is 2. The Hall–Kier alpha value is -3.73. The summed E-state index contributed by atoms with van der Waals surface area (Å²) in [6, 6.07) is 10.4. The van der Waals surface area contributed by atoms with E-state index in [0.717, 1.165) is 18.2 Å². The summed E-state index contributed by atoms with van der Waals surface area (Å²) in [7, 11) is 0. The van der Waals surface area contributed by atoms with E-state index in [4.69, 9.17) is 44.3 Å². The summed E-state index contributed by atoms with van der Waals surface area (Å²) in [6.45, 7) is 0. The fraction of sp³-hybridized carbons (Fsp3) is 0. The van der Waals surface area contributed by atoms with E-state index in [1.54, 1.807) is 0 Å². The quantitative estimate of drug-likeness (QED) is 0.172. The molecule has 0 radical (unpaired) electrons. The van der Waals surface area contributed by atoms with Gasteiger partial charge in [-0.25, -0.2) is 9.59 Å². The predicted molar refractivity (Wildman–Crippen MR) is 118 cm³/mol. The van der Waals surface area contributed by atoms with Gasteiger partial charge in [-0.15, -0.1) is 0 Å². The summed E-state index contributed by atoms with van der Waals surface area (Å²) in [6.07, 6.45) is 0. The van der Waals surface area contributed by atoms with E-state index in [9.17, 15) is 29.8 Å². The van der Waals surface area contributed by atoms with Crippen molar-refractivity contribution >= 4 is 58.1 Å². The van der Waals surface area contributed by atoms with Gasteiger partial charge in [0.15, 0.2) is 0 Å². The van der Waals surface area contributed by atoms with Gasteiger partial charge in [0.05, 0.1) is 26.0 Å². The van der Waals surface area contributed by atoms with Crippen molar-refractivity contribution in [2.24, 2.45) is 0 Å². The van der Waals surface area contributed by atoms with Crippen LogP contribution in [0.3, 0.4) is 0 Å². The van der Waals surface area contributed by atoms with Crippen LogP contribution in [0.1, 0.15) is 20.7 Å². The minimum atomic E-state index is -0.929. The zero-order valence-corrected chi connectivity index (χ0v) is 18.3. The normalized spacial score (nSPS) is 10.4. The highest BCUT2D eigenvalue weighted by Crippen LogP contribution is 2.31.